The van der Waals surface area contributed by atoms with Crippen LogP contribution in [-0.4, -0.2) is 16.0 Å². The summed E-state index contributed by atoms with van der Waals surface area (Å²) in [5.74, 6) is -0.266. The number of pyridine rings is 1. The van der Waals surface area contributed by atoms with Crippen LogP contribution < -0.4 is 5.32 Å². The Morgan fingerprint density at radius 1 is 1.15 bits per heavy atom. The van der Waals surface area contributed by atoms with E-state index < -0.39 is 6.04 Å². The number of aromatic hydroxyl groups is 1. The fourth-order valence-electron chi connectivity index (χ4n) is 2.96. The Morgan fingerprint density at radius 2 is 1.88 bits per heavy atom. The first kappa shape index (κ1) is 17.9. The van der Waals surface area contributed by atoms with Crippen LogP contribution in [0.4, 0.5) is 4.39 Å². The summed E-state index contributed by atoms with van der Waals surface area (Å²) in [7, 11) is 0. The number of aromatic nitrogens is 1. The van der Waals surface area contributed by atoms with E-state index in [0.29, 0.717) is 23.1 Å². The molecule has 0 saturated heterocycles. The van der Waals surface area contributed by atoms with Gasteiger partial charge in [0.1, 0.15) is 17.1 Å². The zero-order valence-corrected chi connectivity index (χ0v) is 14.7. The van der Waals surface area contributed by atoms with Crippen LogP contribution in [0.15, 0.2) is 54.7 Å². The van der Waals surface area contributed by atoms with E-state index >= 15 is 0 Å². The Labute approximate surface area is 151 Å². The standard InChI is InChI=1S/C21H21FN2O2/c1-13(2)12-18(25)24-19(15-5-8-16(22)9-6-15)17-10-7-14-4-3-11-23-20(14)21(17)26/h3-11,13,19,26H,12H2,1-2H3,(H,24,25). The number of rotatable bonds is 5. The number of hydrogen-bond acceptors (Lipinski definition) is 3. The lowest BCUT2D eigenvalue weighted by atomic mass is 9.95. The summed E-state index contributed by atoms with van der Waals surface area (Å²) < 4.78 is 13.3. The van der Waals surface area contributed by atoms with Gasteiger partial charge in [-0.25, -0.2) is 4.39 Å². The molecule has 4 nitrogen and oxygen atoms in total. The Kier molecular flexibility index (Phi) is 5.16. The maximum atomic E-state index is 13.3. The lowest BCUT2D eigenvalue weighted by molar-refractivity contribution is -0.122. The molecule has 2 N–H and O–H groups in total. The van der Waals surface area contributed by atoms with Crippen LogP contribution in [0.3, 0.4) is 0 Å². The average Bonchev–Trinajstić information content (AvgIpc) is 2.61. The van der Waals surface area contributed by atoms with Crippen LogP contribution in [0.25, 0.3) is 10.9 Å². The van der Waals surface area contributed by atoms with Gasteiger partial charge < -0.3 is 10.4 Å². The number of nitrogens with one attached hydrogen (secondary N) is 1. The average molecular weight is 352 g/mol. The Balaban J connectivity index is 2.06. The van der Waals surface area contributed by atoms with Gasteiger partial charge in [-0.3, -0.25) is 9.78 Å². The van der Waals surface area contributed by atoms with Crippen molar-refractivity contribution >= 4 is 16.8 Å². The minimum Gasteiger partial charge on any atom is -0.505 e. The minimum absolute atomic E-state index is 0.0160. The molecule has 2 aromatic carbocycles. The lowest BCUT2D eigenvalue weighted by Crippen LogP contribution is -2.30. The molecule has 5 heteroatoms. The molecular weight excluding hydrogens is 331 g/mol. The fraction of sp³-hybridized carbons (Fsp3) is 0.238. The van der Waals surface area contributed by atoms with E-state index in [4.69, 9.17) is 0 Å². The van der Waals surface area contributed by atoms with Gasteiger partial charge in [0.2, 0.25) is 5.91 Å². The highest BCUT2D eigenvalue weighted by molar-refractivity contribution is 5.86. The number of carbonyl (C=O) groups is 1. The first-order valence-corrected chi connectivity index (χ1v) is 8.57. The number of phenolic OH excluding ortho intramolecular Hbond substituents is 1. The van der Waals surface area contributed by atoms with Gasteiger partial charge in [0, 0.05) is 23.6 Å². The predicted molar refractivity (Wildman–Crippen MR) is 99.2 cm³/mol. The topological polar surface area (TPSA) is 62.2 Å². The molecular formula is C21H21FN2O2. The zero-order chi connectivity index (χ0) is 18.7. The van der Waals surface area contributed by atoms with Crippen molar-refractivity contribution < 1.29 is 14.3 Å². The third-order valence-corrected chi connectivity index (χ3v) is 4.19. The summed E-state index contributed by atoms with van der Waals surface area (Å²) in [6.45, 7) is 3.92. The number of nitrogens with zero attached hydrogens (tertiary/aromatic N) is 1. The summed E-state index contributed by atoms with van der Waals surface area (Å²) in [4.78, 5) is 16.6. The van der Waals surface area contributed by atoms with Crippen molar-refractivity contribution in [2.45, 2.75) is 26.3 Å². The highest BCUT2D eigenvalue weighted by Crippen LogP contribution is 2.34. The molecule has 0 radical (unpaired) electrons. The van der Waals surface area contributed by atoms with Crippen molar-refractivity contribution in [1.82, 2.24) is 10.3 Å². The van der Waals surface area contributed by atoms with E-state index in [9.17, 15) is 14.3 Å². The van der Waals surface area contributed by atoms with E-state index in [-0.39, 0.29) is 23.4 Å². The maximum absolute atomic E-state index is 13.3. The van der Waals surface area contributed by atoms with Crippen LogP contribution in [0.1, 0.15) is 37.4 Å². The predicted octanol–water partition coefficient (Wildman–Crippen LogP) is 4.33. The van der Waals surface area contributed by atoms with E-state index in [0.717, 1.165) is 5.39 Å². The summed E-state index contributed by atoms with van der Waals surface area (Å²) >= 11 is 0. The Hall–Kier alpha value is -2.95. The van der Waals surface area contributed by atoms with Crippen molar-refractivity contribution in [3.05, 3.63) is 71.7 Å². The largest absolute Gasteiger partial charge is 0.505 e. The first-order chi connectivity index (χ1) is 12.5. The summed E-state index contributed by atoms with van der Waals surface area (Å²) in [5.41, 5.74) is 1.68. The van der Waals surface area contributed by atoms with Crippen LogP contribution >= 0.6 is 0 Å². The van der Waals surface area contributed by atoms with E-state index in [1.54, 1.807) is 30.5 Å². The summed E-state index contributed by atoms with van der Waals surface area (Å²) in [6.07, 6.45) is 1.97. The van der Waals surface area contributed by atoms with Crippen LogP contribution in [0.5, 0.6) is 5.75 Å². The molecule has 3 aromatic rings. The van der Waals surface area contributed by atoms with Crippen LogP contribution in [0.2, 0.25) is 0 Å². The number of halogens is 1. The quantitative estimate of drug-likeness (QED) is 0.718. The van der Waals surface area contributed by atoms with E-state index in [2.05, 4.69) is 10.3 Å². The number of fused-ring (bicyclic) bond motifs is 1. The molecule has 0 aliphatic carbocycles. The molecule has 1 heterocycles. The SMILES string of the molecule is CC(C)CC(=O)NC(c1ccc(F)cc1)c1ccc2cccnc2c1O. The van der Waals surface area contributed by atoms with Crippen molar-refractivity contribution in [1.29, 1.82) is 0 Å². The first-order valence-electron chi connectivity index (χ1n) is 8.57. The van der Waals surface area contributed by atoms with E-state index in [1.807, 2.05) is 26.0 Å². The maximum Gasteiger partial charge on any atom is 0.221 e. The number of amides is 1. The molecule has 0 fully saturated rings. The van der Waals surface area contributed by atoms with Crippen LogP contribution in [-0.2, 0) is 4.79 Å². The number of phenols is 1. The molecule has 1 atom stereocenters. The van der Waals surface area contributed by atoms with Crippen molar-refractivity contribution in [3.63, 3.8) is 0 Å². The van der Waals surface area contributed by atoms with Gasteiger partial charge in [-0.15, -0.1) is 0 Å². The third kappa shape index (κ3) is 3.82. The molecule has 1 amide bonds. The van der Waals surface area contributed by atoms with Gasteiger partial charge >= 0.3 is 0 Å². The van der Waals surface area contributed by atoms with Crippen LogP contribution in [0, 0.1) is 11.7 Å². The fourth-order valence-corrected chi connectivity index (χ4v) is 2.96. The minimum atomic E-state index is -0.590. The second-order valence-electron chi connectivity index (χ2n) is 6.73. The smallest absolute Gasteiger partial charge is 0.221 e. The molecule has 3 rings (SSSR count). The molecule has 0 bridgehead atoms. The highest BCUT2D eigenvalue weighted by Gasteiger charge is 2.22. The molecule has 0 saturated carbocycles. The normalized spacial score (nSPS) is 12.3. The molecule has 134 valence electrons. The van der Waals surface area contributed by atoms with Gasteiger partial charge in [-0.2, -0.15) is 0 Å². The zero-order valence-electron chi connectivity index (χ0n) is 14.7. The molecule has 0 aliphatic rings. The monoisotopic (exact) mass is 352 g/mol. The Morgan fingerprint density at radius 3 is 2.58 bits per heavy atom. The van der Waals surface area contributed by atoms with E-state index in [1.165, 1.54) is 12.1 Å². The van der Waals surface area contributed by atoms with Crippen molar-refractivity contribution in [3.8, 4) is 5.75 Å². The van der Waals surface area contributed by atoms with Crippen molar-refractivity contribution in [2.75, 3.05) is 0 Å². The number of hydrogen-bond donors (Lipinski definition) is 2. The van der Waals surface area contributed by atoms with Gasteiger partial charge in [0.25, 0.3) is 0 Å². The molecule has 1 aromatic heterocycles. The van der Waals surface area contributed by atoms with Gasteiger partial charge in [0.05, 0.1) is 6.04 Å². The number of benzene rings is 2. The second kappa shape index (κ2) is 7.52. The molecule has 26 heavy (non-hydrogen) atoms. The third-order valence-electron chi connectivity index (χ3n) is 4.19. The van der Waals surface area contributed by atoms with Crippen molar-refractivity contribution in [2.24, 2.45) is 5.92 Å². The number of carbonyl (C=O) groups excluding carboxylic acids is 1. The molecule has 1 unspecified atom stereocenters. The highest BCUT2D eigenvalue weighted by atomic mass is 19.1. The summed E-state index contributed by atoms with van der Waals surface area (Å²) in [5, 5.41) is 14.5. The van der Waals surface area contributed by atoms with Gasteiger partial charge in [-0.05, 0) is 29.7 Å². The second-order valence-corrected chi connectivity index (χ2v) is 6.73. The molecule has 0 spiro atoms. The van der Waals surface area contributed by atoms with Gasteiger partial charge in [-0.1, -0.05) is 44.2 Å². The molecule has 0 aliphatic heterocycles. The van der Waals surface area contributed by atoms with Gasteiger partial charge in [0.15, 0.2) is 0 Å². The lowest BCUT2D eigenvalue weighted by Gasteiger charge is -2.22. The summed E-state index contributed by atoms with van der Waals surface area (Å²) in [6, 6.07) is 12.6. The Bertz CT molecular complexity index is 923.